The van der Waals surface area contributed by atoms with Gasteiger partial charge in [-0.2, -0.15) is 0 Å². The Labute approximate surface area is 132 Å². The van der Waals surface area contributed by atoms with E-state index < -0.39 is 20.0 Å². The van der Waals surface area contributed by atoms with Crippen LogP contribution in [0.3, 0.4) is 0 Å². The number of aryl methyl sites for hydroxylation is 1. The van der Waals surface area contributed by atoms with E-state index in [1.807, 2.05) is 31.2 Å². The van der Waals surface area contributed by atoms with Crippen molar-refractivity contribution in [3.63, 3.8) is 0 Å². The van der Waals surface area contributed by atoms with Crippen LogP contribution >= 0.6 is 0 Å². The van der Waals surface area contributed by atoms with Crippen LogP contribution in [0.5, 0.6) is 0 Å². The van der Waals surface area contributed by atoms with E-state index in [0.29, 0.717) is 6.42 Å². The van der Waals surface area contributed by atoms with Crippen molar-refractivity contribution in [2.24, 2.45) is 0 Å². The molecule has 8 heteroatoms. The molecule has 0 spiro atoms. The van der Waals surface area contributed by atoms with Crippen LogP contribution in [-0.2, 0) is 20.0 Å². The Morgan fingerprint density at radius 3 is 2.18 bits per heavy atom. The smallest absolute Gasteiger partial charge is 0.215 e. The Balaban J connectivity index is 2.40. The van der Waals surface area contributed by atoms with Crippen molar-refractivity contribution < 1.29 is 16.8 Å². The molecule has 1 rings (SSSR count). The minimum absolute atomic E-state index is 0.0119. The molecule has 0 saturated carbocycles. The first-order valence-corrected chi connectivity index (χ1v) is 10.2. The van der Waals surface area contributed by atoms with E-state index in [2.05, 4.69) is 9.44 Å². The van der Waals surface area contributed by atoms with Crippen LogP contribution in [-0.4, -0.2) is 35.7 Å². The van der Waals surface area contributed by atoms with Gasteiger partial charge >= 0.3 is 0 Å². The summed E-state index contributed by atoms with van der Waals surface area (Å²) < 4.78 is 50.6. The topological polar surface area (TPSA) is 92.3 Å². The first-order chi connectivity index (χ1) is 10.2. The molecule has 0 atom stereocenters. The molecule has 0 saturated heterocycles. The van der Waals surface area contributed by atoms with Gasteiger partial charge in [-0.15, -0.1) is 0 Å². The van der Waals surface area contributed by atoms with E-state index in [4.69, 9.17) is 0 Å². The van der Waals surface area contributed by atoms with Gasteiger partial charge in [0.05, 0.1) is 5.75 Å². The molecule has 0 fully saturated rings. The normalized spacial score (nSPS) is 12.8. The van der Waals surface area contributed by atoms with Gasteiger partial charge in [0.25, 0.3) is 0 Å². The fourth-order valence-electron chi connectivity index (χ4n) is 1.53. The summed E-state index contributed by atoms with van der Waals surface area (Å²) in [6.45, 7) is 3.88. The second-order valence-electron chi connectivity index (χ2n) is 4.80. The highest BCUT2D eigenvalue weighted by molar-refractivity contribution is 7.92. The van der Waals surface area contributed by atoms with Crippen molar-refractivity contribution >= 4 is 26.1 Å². The average molecular weight is 346 g/mol. The molecule has 1 aromatic carbocycles. The van der Waals surface area contributed by atoms with Gasteiger partial charge in [0, 0.05) is 18.5 Å². The zero-order chi connectivity index (χ0) is 16.6. The largest absolute Gasteiger partial charge is 0.233 e. The number of nitrogens with one attached hydrogen (secondary N) is 2. The van der Waals surface area contributed by atoms with Crippen molar-refractivity contribution in [1.82, 2.24) is 9.44 Å². The fourth-order valence-corrected chi connectivity index (χ4v) is 3.05. The van der Waals surface area contributed by atoms with Gasteiger partial charge in [0.1, 0.15) is 0 Å². The maximum Gasteiger partial charge on any atom is 0.233 e. The molecule has 0 aromatic heterocycles. The van der Waals surface area contributed by atoms with Gasteiger partial charge in [0.15, 0.2) is 0 Å². The van der Waals surface area contributed by atoms with Gasteiger partial charge < -0.3 is 0 Å². The molecule has 6 nitrogen and oxygen atoms in total. The molecule has 0 unspecified atom stereocenters. The molecule has 0 amide bonds. The van der Waals surface area contributed by atoms with E-state index in [9.17, 15) is 16.8 Å². The molecule has 0 heterocycles. The van der Waals surface area contributed by atoms with Crippen molar-refractivity contribution in [3.8, 4) is 0 Å². The lowest BCUT2D eigenvalue weighted by Crippen LogP contribution is -2.30. The maximum atomic E-state index is 11.8. The summed E-state index contributed by atoms with van der Waals surface area (Å²) in [5.74, 6) is 0.0119. The third-order valence-corrected chi connectivity index (χ3v) is 5.38. The van der Waals surface area contributed by atoms with Gasteiger partial charge in [-0.3, -0.25) is 0 Å². The molecule has 0 aliphatic carbocycles. The summed E-state index contributed by atoms with van der Waals surface area (Å²) in [7, 11) is -6.75. The Kier molecular flexibility index (Phi) is 7.21. The van der Waals surface area contributed by atoms with Crippen LogP contribution in [0.4, 0.5) is 0 Å². The highest BCUT2D eigenvalue weighted by atomic mass is 32.2. The Morgan fingerprint density at radius 1 is 1.00 bits per heavy atom. The third kappa shape index (κ3) is 7.69. The predicted molar refractivity (Wildman–Crippen MR) is 89.2 cm³/mol. The lowest BCUT2D eigenvalue weighted by atomic mass is 10.2. The van der Waals surface area contributed by atoms with Crippen molar-refractivity contribution in [2.45, 2.75) is 20.3 Å². The summed E-state index contributed by atoms with van der Waals surface area (Å²) in [6, 6.07) is 7.47. The second-order valence-corrected chi connectivity index (χ2v) is 8.55. The van der Waals surface area contributed by atoms with Crippen LogP contribution in [0.15, 0.2) is 29.7 Å². The monoisotopic (exact) mass is 346 g/mol. The quantitative estimate of drug-likeness (QED) is 0.658. The molecule has 1 aromatic rings. The van der Waals surface area contributed by atoms with Crippen LogP contribution in [0.2, 0.25) is 0 Å². The second kappa shape index (κ2) is 8.42. The number of rotatable bonds is 9. The number of hydrogen-bond acceptors (Lipinski definition) is 4. The standard InChI is InChI=1S/C14H22N2O4S2/c1-3-21(17,18)15-10-4-11-16-22(19,20)12-9-14-7-5-13(2)6-8-14/h5-9,12,15-16H,3-4,10-11H2,1-2H3. The fraction of sp³-hybridized carbons (Fsp3) is 0.429. The molecular formula is C14H22N2O4S2. The van der Waals surface area contributed by atoms with E-state index in [1.54, 1.807) is 6.92 Å². The SMILES string of the molecule is CCS(=O)(=O)NCCCNS(=O)(=O)C=Cc1ccc(C)cc1. The molecular weight excluding hydrogens is 324 g/mol. The minimum Gasteiger partial charge on any atom is -0.215 e. The van der Waals surface area contributed by atoms with Gasteiger partial charge in [-0.25, -0.2) is 26.3 Å². The van der Waals surface area contributed by atoms with Crippen LogP contribution in [0, 0.1) is 6.92 Å². The van der Waals surface area contributed by atoms with Crippen molar-refractivity contribution in [2.75, 3.05) is 18.8 Å². The zero-order valence-corrected chi connectivity index (χ0v) is 14.4. The van der Waals surface area contributed by atoms with Crippen LogP contribution in [0.25, 0.3) is 6.08 Å². The summed E-state index contributed by atoms with van der Waals surface area (Å²) in [5, 5.41) is 1.11. The first kappa shape index (κ1) is 18.8. The lowest BCUT2D eigenvalue weighted by molar-refractivity contribution is 0.576. The van der Waals surface area contributed by atoms with Gasteiger partial charge in [-0.1, -0.05) is 29.8 Å². The Morgan fingerprint density at radius 2 is 1.59 bits per heavy atom. The highest BCUT2D eigenvalue weighted by Crippen LogP contribution is 2.05. The first-order valence-electron chi connectivity index (χ1n) is 6.96. The summed E-state index contributed by atoms with van der Waals surface area (Å²) in [5.41, 5.74) is 1.90. The Hall–Kier alpha value is -1.22. The van der Waals surface area contributed by atoms with Gasteiger partial charge in [-0.05, 0) is 31.9 Å². The lowest BCUT2D eigenvalue weighted by Gasteiger charge is -2.05. The highest BCUT2D eigenvalue weighted by Gasteiger charge is 2.06. The summed E-state index contributed by atoms with van der Waals surface area (Å²) >= 11 is 0. The number of hydrogen-bond donors (Lipinski definition) is 2. The van der Waals surface area contributed by atoms with Crippen LogP contribution < -0.4 is 9.44 Å². The minimum atomic E-state index is -3.52. The zero-order valence-electron chi connectivity index (χ0n) is 12.7. The summed E-state index contributed by atoms with van der Waals surface area (Å²) in [6.07, 6.45) is 1.90. The Bertz CT molecular complexity index is 693. The summed E-state index contributed by atoms with van der Waals surface area (Å²) in [4.78, 5) is 0. The van der Waals surface area contributed by atoms with E-state index >= 15 is 0 Å². The van der Waals surface area contributed by atoms with Crippen LogP contribution in [0.1, 0.15) is 24.5 Å². The molecule has 0 aliphatic rings. The van der Waals surface area contributed by atoms with Crippen molar-refractivity contribution in [1.29, 1.82) is 0 Å². The molecule has 0 aliphatic heterocycles. The van der Waals surface area contributed by atoms with E-state index in [-0.39, 0.29) is 18.8 Å². The molecule has 0 bridgehead atoms. The molecule has 0 radical (unpaired) electrons. The van der Waals surface area contributed by atoms with Gasteiger partial charge in [0.2, 0.25) is 20.0 Å². The molecule has 2 N–H and O–H groups in total. The third-order valence-electron chi connectivity index (χ3n) is 2.88. The van der Waals surface area contributed by atoms with E-state index in [0.717, 1.165) is 16.5 Å². The molecule has 124 valence electrons. The number of sulfonamides is 2. The predicted octanol–water partition coefficient (Wildman–Crippen LogP) is 1.21. The maximum absolute atomic E-state index is 11.8. The molecule has 22 heavy (non-hydrogen) atoms. The van der Waals surface area contributed by atoms with Crippen molar-refractivity contribution in [3.05, 3.63) is 40.8 Å². The van der Waals surface area contributed by atoms with E-state index in [1.165, 1.54) is 6.08 Å². The number of benzene rings is 1. The average Bonchev–Trinajstić information content (AvgIpc) is 2.46.